The highest BCUT2D eigenvalue weighted by molar-refractivity contribution is 4.92. The summed E-state index contributed by atoms with van der Waals surface area (Å²) in [5, 5.41) is 3.68. The van der Waals surface area contributed by atoms with Gasteiger partial charge in [0.2, 0.25) is 0 Å². The molecule has 1 saturated heterocycles. The van der Waals surface area contributed by atoms with Gasteiger partial charge in [-0.05, 0) is 57.4 Å². The third-order valence-corrected chi connectivity index (χ3v) is 5.95. The molecule has 112 valence electrons. The van der Waals surface area contributed by atoms with Crippen LogP contribution in [0.4, 0.5) is 0 Å². The lowest BCUT2D eigenvalue weighted by Gasteiger charge is -2.48. The van der Waals surface area contributed by atoms with Crippen LogP contribution in [0.15, 0.2) is 0 Å². The van der Waals surface area contributed by atoms with Crippen molar-refractivity contribution in [2.75, 3.05) is 13.1 Å². The molecule has 0 amide bonds. The first-order chi connectivity index (χ1) is 9.17. The predicted molar refractivity (Wildman–Crippen MR) is 83.5 cm³/mol. The molecule has 0 aromatic rings. The van der Waals surface area contributed by atoms with E-state index in [-0.39, 0.29) is 0 Å². The zero-order chi connectivity index (χ0) is 13.8. The molecular formula is C17H34N2. The average Bonchev–Trinajstić information content (AvgIpc) is 2.45. The molecule has 1 heterocycles. The fourth-order valence-corrected chi connectivity index (χ4v) is 4.34. The highest BCUT2D eigenvalue weighted by Crippen LogP contribution is 2.34. The van der Waals surface area contributed by atoms with Gasteiger partial charge < -0.3 is 5.32 Å². The van der Waals surface area contributed by atoms with Crippen molar-refractivity contribution in [2.24, 2.45) is 11.8 Å². The topological polar surface area (TPSA) is 15.3 Å². The molecule has 1 aliphatic heterocycles. The molecule has 1 aliphatic carbocycles. The number of nitrogens with one attached hydrogen (secondary N) is 1. The first-order valence-electron chi connectivity index (χ1n) is 8.66. The standard InChI is InChI=1S/C17H34N2/c1-5-15-7-9-16(10-8-15)19-12-11-17(18-6-2)13(3)14(19)4/h13-18H,5-12H2,1-4H3. The molecule has 1 saturated carbocycles. The summed E-state index contributed by atoms with van der Waals surface area (Å²) < 4.78 is 0. The molecule has 0 spiro atoms. The lowest BCUT2D eigenvalue weighted by Crippen LogP contribution is -2.56. The van der Waals surface area contributed by atoms with Crippen molar-refractivity contribution in [2.45, 2.75) is 84.3 Å². The van der Waals surface area contributed by atoms with Crippen molar-refractivity contribution in [3.05, 3.63) is 0 Å². The molecule has 2 heteroatoms. The van der Waals surface area contributed by atoms with E-state index in [0.29, 0.717) is 0 Å². The van der Waals surface area contributed by atoms with Crippen LogP contribution in [-0.4, -0.2) is 36.1 Å². The fourth-order valence-electron chi connectivity index (χ4n) is 4.34. The van der Waals surface area contributed by atoms with Crippen molar-refractivity contribution in [3.63, 3.8) is 0 Å². The molecule has 2 aliphatic rings. The van der Waals surface area contributed by atoms with Crippen LogP contribution in [0.25, 0.3) is 0 Å². The minimum atomic E-state index is 0.739. The number of likely N-dealkylation sites (tertiary alicyclic amines) is 1. The minimum Gasteiger partial charge on any atom is -0.314 e. The second-order valence-corrected chi connectivity index (χ2v) is 6.87. The van der Waals surface area contributed by atoms with E-state index in [1.165, 1.54) is 45.1 Å². The highest BCUT2D eigenvalue weighted by Gasteiger charge is 2.36. The largest absolute Gasteiger partial charge is 0.314 e. The quantitative estimate of drug-likeness (QED) is 0.835. The lowest BCUT2D eigenvalue weighted by atomic mass is 9.80. The molecule has 0 radical (unpaired) electrons. The normalized spacial score (nSPS) is 41.4. The number of hydrogen-bond acceptors (Lipinski definition) is 2. The van der Waals surface area contributed by atoms with Gasteiger partial charge in [-0.2, -0.15) is 0 Å². The Labute approximate surface area is 120 Å². The molecule has 19 heavy (non-hydrogen) atoms. The lowest BCUT2D eigenvalue weighted by molar-refractivity contribution is 0.0259. The molecule has 3 atom stereocenters. The molecule has 1 N–H and O–H groups in total. The summed E-state index contributed by atoms with van der Waals surface area (Å²) in [5.41, 5.74) is 0. The van der Waals surface area contributed by atoms with Gasteiger partial charge in [0.25, 0.3) is 0 Å². The summed E-state index contributed by atoms with van der Waals surface area (Å²) in [4.78, 5) is 2.84. The Kier molecular flexibility index (Phi) is 5.70. The molecule has 3 unspecified atom stereocenters. The van der Waals surface area contributed by atoms with Gasteiger partial charge >= 0.3 is 0 Å². The average molecular weight is 266 g/mol. The third kappa shape index (κ3) is 3.52. The first kappa shape index (κ1) is 15.3. The van der Waals surface area contributed by atoms with Gasteiger partial charge in [0.15, 0.2) is 0 Å². The van der Waals surface area contributed by atoms with Crippen molar-refractivity contribution in [1.82, 2.24) is 10.2 Å². The molecule has 0 bridgehead atoms. The predicted octanol–water partition coefficient (Wildman–Crippen LogP) is 3.66. The SMILES string of the molecule is CCNC1CCN(C2CCC(CC)CC2)C(C)C1C. The van der Waals surface area contributed by atoms with Crippen LogP contribution >= 0.6 is 0 Å². The van der Waals surface area contributed by atoms with E-state index >= 15 is 0 Å². The highest BCUT2D eigenvalue weighted by atomic mass is 15.2. The van der Waals surface area contributed by atoms with E-state index in [4.69, 9.17) is 0 Å². The van der Waals surface area contributed by atoms with Crippen LogP contribution in [0.5, 0.6) is 0 Å². The Morgan fingerprint density at radius 1 is 1.00 bits per heavy atom. The Bertz CT molecular complexity index is 256. The van der Waals surface area contributed by atoms with Crippen LogP contribution in [0, 0.1) is 11.8 Å². The Morgan fingerprint density at radius 2 is 1.68 bits per heavy atom. The number of rotatable bonds is 4. The summed E-state index contributed by atoms with van der Waals surface area (Å²) in [7, 11) is 0. The molecule has 2 rings (SSSR count). The van der Waals surface area contributed by atoms with Gasteiger partial charge in [-0.1, -0.05) is 27.2 Å². The van der Waals surface area contributed by atoms with Crippen molar-refractivity contribution in [3.8, 4) is 0 Å². The van der Waals surface area contributed by atoms with E-state index in [2.05, 4.69) is 37.9 Å². The summed E-state index contributed by atoms with van der Waals surface area (Å²) in [6, 6.07) is 2.37. The maximum Gasteiger partial charge on any atom is 0.0120 e. The van der Waals surface area contributed by atoms with E-state index in [9.17, 15) is 0 Å². The van der Waals surface area contributed by atoms with Gasteiger partial charge in [0.1, 0.15) is 0 Å². The van der Waals surface area contributed by atoms with Crippen LogP contribution < -0.4 is 5.32 Å². The maximum atomic E-state index is 3.68. The fraction of sp³-hybridized carbons (Fsp3) is 1.00. The number of hydrogen-bond donors (Lipinski definition) is 1. The first-order valence-corrected chi connectivity index (χ1v) is 8.66. The minimum absolute atomic E-state index is 0.739. The van der Waals surface area contributed by atoms with Gasteiger partial charge in [-0.15, -0.1) is 0 Å². The second-order valence-electron chi connectivity index (χ2n) is 6.87. The maximum absolute atomic E-state index is 3.68. The summed E-state index contributed by atoms with van der Waals surface area (Å²) in [6.07, 6.45) is 8.56. The van der Waals surface area contributed by atoms with E-state index in [1.54, 1.807) is 0 Å². The Hall–Kier alpha value is -0.0800. The number of piperidine rings is 1. The van der Waals surface area contributed by atoms with Crippen LogP contribution in [-0.2, 0) is 0 Å². The van der Waals surface area contributed by atoms with Crippen LogP contribution in [0.3, 0.4) is 0 Å². The van der Waals surface area contributed by atoms with E-state index in [1.807, 2.05) is 0 Å². The second kappa shape index (κ2) is 7.08. The summed E-state index contributed by atoms with van der Waals surface area (Å²) in [5.74, 6) is 1.81. The molecular weight excluding hydrogens is 232 g/mol. The van der Waals surface area contributed by atoms with Gasteiger partial charge in [-0.25, -0.2) is 0 Å². The van der Waals surface area contributed by atoms with Crippen LogP contribution in [0.2, 0.25) is 0 Å². The zero-order valence-electron chi connectivity index (χ0n) is 13.5. The zero-order valence-corrected chi connectivity index (χ0v) is 13.5. The molecule has 2 fully saturated rings. The van der Waals surface area contributed by atoms with E-state index in [0.717, 1.165) is 36.5 Å². The van der Waals surface area contributed by atoms with Gasteiger partial charge in [0, 0.05) is 24.7 Å². The summed E-state index contributed by atoms with van der Waals surface area (Å²) in [6.45, 7) is 11.9. The molecule has 2 nitrogen and oxygen atoms in total. The summed E-state index contributed by atoms with van der Waals surface area (Å²) >= 11 is 0. The third-order valence-electron chi connectivity index (χ3n) is 5.95. The Morgan fingerprint density at radius 3 is 2.26 bits per heavy atom. The van der Waals surface area contributed by atoms with Crippen LogP contribution in [0.1, 0.15) is 66.2 Å². The van der Waals surface area contributed by atoms with Crippen molar-refractivity contribution < 1.29 is 0 Å². The van der Waals surface area contributed by atoms with Crippen molar-refractivity contribution >= 4 is 0 Å². The Balaban J connectivity index is 1.88. The molecule has 0 aromatic heterocycles. The van der Waals surface area contributed by atoms with Gasteiger partial charge in [0.05, 0.1) is 0 Å². The monoisotopic (exact) mass is 266 g/mol. The van der Waals surface area contributed by atoms with E-state index < -0.39 is 0 Å². The smallest absolute Gasteiger partial charge is 0.0120 e. The van der Waals surface area contributed by atoms with Crippen molar-refractivity contribution in [1.29, 1.82) is 0 Å². The molecule has 0 aromatic carbocycles. The van der Waals surface area contributed by atoms with Gasteiger partial charge in [-0.3, -0.25) is 4.90 Å². The number of nitrogens with zero attached hydrogens (tertiary/aromatic N) is 1.